The molecule has 0 saturated heterocycles. The van der Waals surface area contributed by atoms with E-state index in [4.69, 9.17) is 27.9 Å². The van der Waals surface area contributed by atoms with Gasteiger partial charge in [0.2, 0.25) is 11.8 Å². The van der Waals surface area contributed by atoms with E-state index in [1.165, 1.54) is 17.0 Å². The van der Waals surface area contributed by atoms with Gasteiger partial charge in [0.15, 0.2) is 0 Å². The number of halogens is 2. The van der Waals surface area contributed by atoms with E-state index < -0.39 is 28.5 Å². The third-order valence-corrected chi connectivity index (χ3v) is 11.1. The van der Waals surface area contributed by atoms with Crippen molar-refractivity contribution in [1.82, 2.24) is 10.2 Å². The number of nitrogens with zero attached hydrogens (tertiary/aromatic N) is 2. The predicted octanol–water partition coefficient (Wildman–Crippen LogP) is 8.55. The topological polar surface area (TPSA) is 96.0 Å². The first-order valence-electron chi connectivity index (χ1n) is 16.5. The van der Waals surface area contributed by atoms with E-state index in [-0.39, 0.29) is 29.1 Å². The molecule has 1 atom stereocenters. The van der Waals surface area contributed by atoms with Crippen LogP contribution < -0.4 is 14.4 Å². The fraction of sp³-hybridized carbons (Fsp3) is 0.316. The second-order valence-corrected chi connectivity index (χ2v) is 15.0. The van der Waals surface area contributed by atoms with Crippen LogP contribution in [0.1, 0.15) is 56.6 Å². The highest BCUT2D eigenvalue weighted by molar-refractivity contribution is 7.92. The minimum Gasteiger partial charge on any atom is -0.457 e. The van der Waals surface area contributed by atoms with Crippen LogP contribution in [0, 0.1) is 6.92 Å². The number of carbonyl (C=O) groups is 2. The molecule has 1 fully saturated rings. The minimum atomic E-state index is -4.23. The van der Waals surface area contributed by atoms with E-state index in [2.05, 4.69) is 5.32 Å². The Balaban J connectivity index is 1.50. The van der Waals surface area contributed by atoms with Crippen molar-refractivity contribution in [2.75, 3.05) is 10.8 Å². The molecule has 8 nitrogen and oxygen atoms in total. The molecule has 0 heterocycles. The van der Waals surface area contributed by atoms with Crippen LogP contribution in [0.15, 0.2) is 102 Å². The van der Waals surface area contributed by atoms with Gasteiger partial charge in [-0.1, -0.05) is 91.3 Å². The number of aryl methyl sites for hydroxylation is 1. The Bertz CT molecular complexity index is 1830. The molecule has 0 aromatic heterocycles. The number of anilines is 1. The lowest BCUT2D eigenvalue weighted by atomic mass is 9.95. The number of rotatable bonds is 13. The molecular weight excluding hydrogens is 681 g/mol. The first-order valence-corrected chi connectivity index (χ1v) is 18.7. The van der Waals surface area contributed by atoms with Crippen molar-refractivity contribution in [3.63, 3.8) is 0 Å². The molecule has 5 rings (SSSR count). The summed E-state index contributed by atoms with van der Waals surface area (Å²) in [6.07, 6.45) is 5.27. The molecule has 1 N–H and O–H groups in total. The maximum absolute atomic E-state index is 14.5. The lowest BCUT2D eigenvalue weighted by Crippen LogP contribution is -2.54. The van der Waals surface area contributed by atoms with Gasteiger partial charge in [-0.25, -0.2) is 8.42 Å². The second kappa shape index (κ2) is 16.6. The number of carbonyl (C=O) groups excluding carboxylic acids is 2. The Labute approximate surface area is 299 Å². The van der Waals surface area contributed by atoms with Gasteiger partial charge in [0.25, 0.3) is 10.0 Å². The Morgan fingerprint density at radius 2 is 1.53 bits per heavy atom. The van der Waals surface area contributed by atoms with Gasteiger partial charge in [-0.05, 0) is 92.4 Å². The summed E-state index contributed by atoms with van der Waals surface area (Å²) in [4.78, 5) is 29.8. The van der Waals surface area contributed by atoms with Crippen LogP contribution in [-0.4, -0.2) is 43.8 Å². The van der Waals surface area contributed by atoms with Crippen molar-refractivity contribution in [2.24, 2.45) is 0 Å². The zero-order valence-electron chi connectivity index (χ0n) is 27.6. The van der Waals surface area contributed by atoms with E-state index >= 15 is 0 Å². The van der Waals surface area contributed by atoms with Crippen molar-refractivity contribution in [1.29, 1.82) is 0 Å². The molecule has 1 saturated carbocycles. The summed E-state index contributed by atoms with van der Waals surface area (Å²) < 4.78 is 35.6. The van der Waals surface area contributed by atoms with E-state index in [9.17, 15) is 18.0 Å². The Morgan fingerprint density at radius 1 is 0.878 bits per heavy atom. The number of hydrogen-bond acceptors (Lipinski definition) is 5. The van der Waals surface area contributed by atoms with Crippen LogP contribution in [0.25, 0.3) is 0 Å². The van der Waals surface area contributed by atoms with E-state index in [1.54, 1.807) is 54.6 Å². The van der Waals surface area contributed by atoms with E-state index in [0.29, 0.717) is 33.5 Å². The SMILES string of the molecule is CCC(C(=O)NC1CCCCC1)N(Cc1ccc(Cl)cc1Cl)C(=O)CN(c1ccc(Oc2ccccc2)cc1)S(=O)(=O)c1ccc(C)cc1. The highest BCUT2D eigenvalue weighted by atomic mass is 35.5. The van der Waals surface area contributed by atoms with Gasteiger partial charge in [0.05, 0.1) is 10.6 Å². The molecule has 2 amide bonds. The number of nitrogens with one attached hydrogen (secondary N) is 1. The maximum Gasteiger partial charge on any atom is 0.264 e. The molecule has 1 aliphatic rings. The van der Waals surface area contributed by atoms with Gasteiger partial charge in [0.1, 0.15) is 24.1 Å². The van der Waals surface area contributed by atoms with Crippen LogP contribution in [0.2, 0.25) is 10.0 Å². The van der Waals surface area contributed by atoms with Gasteiger partial charge in [-0.3, -0.25) is 13.9 Å². The lowest BCUT2D eigenvalue weighted by Gasteiger charge is -2.34. The highest BCUT2D eigenvalue weighted by Crippen LogP contribution is 2.30. The van der Waals surface area contributed by atoms with Crippen molar-refractivity contribution in [3.05, 3.63) is 118 Å². The van der Waals surface area contributed by atoms with Crippen molar-refractivity contribution < 1.29 is 22.7 Å². The summed E-state index contributed by atoms with van der Waals surface area (Å²) in [6.45, 7) is 3.12. The van der Waals surface area contributed by atoms with Crippen LogP contribution in [0.4, 0.5) is 5.69 Å². The summed E-state index contributed by atoms with van der Waals surface area (Å²) in [5, 5.41) is 3.93. The largest absolute Gasteiger partial charge is 0.457 e. The number of benzene rings is 4. The standard InChI is InChI=1S/C38H41Cl2N3O5S/c1-3-36(38(45)41-30-10-6-4-7-11-30)42(25-28-16-17-29(39)24-35(28)40)37(44)26-43(49(46,47)34-22-14-27(2)15-23-34)31-18-20-33(21-19-31)48-32-12-8-5-9-13-32/h5,8-9,12-24,30,36H,3-4,6-7,10-11,25-26H2,1-2H3,(H,41,45). The first kappa shape index (κ1) is 36.2. The molecule has 49 heavy (non-hydrogen) atoms. The van der Waals surface area contributed by atoms with Gasteiger partial charge in [-0.15, -0.1) is 0 Å². The molecule has 11 heteroatoms. The predicted molar refractivity (Wildman–Crippen MR) is 195 cm³/mol. The molecule has 0 bridgehead atoms. The van der Waals surface area contributed by atoms with Crippen molar-refractivity contribution in [2.45, 2.75) is 75.9 Å². The summed E-state index contributed by atoms with van der Waals surface area (Å²) in [7, 11) is -4.23. The molecule has 4 aromatic rings. The third kappa shape index (κ3) is 9.35. The maximum atomic E-state index is 14.5. The second-order valence-electron chi connectivity index (χ2n) is 12.3. The normalized spacial score (nSPS) is 14.1. The Hall–Kier alpha value is -4.05. The van der Waals surface area contributed by atoms with Gasteiger partial charge in [-0.2, -0.15) is 0 Å². The van der Waals surface area contributed by atoms with Gasteiger partial charge in [0, 0.05) is 22.6 Å². The molecule has 1 unspecified atom stereocenters. The molecule has 0 radical (unpaired) electrons. The quantitative estimate of drug-likeness (QED) is 0.149. The fourth-order valence-corrected chi connectivity index (χ4v) is 7.85. The Morgan fingerprint density at radius 3 is 2.16 bits per heavy atom. The number of ether oxygens (including phenoxy) is 1. The lowest BCUT2D eigenvalue weighted by molar-refractivity contribution is -0.140. The van der Waals surface area contributed by atoms with Gasteiger partial charge >= 0.3 is 0 Å². The van der Waals surface area contributed by atoms with Gasteiger partial charge < -0.3 is 15.0 Å². The average Bonchev–Trinajstić information content (AvgIpc) is 3.09. The molecule has 0 spiro atoms. The van der Waals surface area contributed by atoms with Crippen molar-refractivity contribution in [3.8, 4) is 11.5 Å². The third-order valence-electron chi connectivity index (χ3n) is 8.68. The molecular formula is C38H41Cl2N3O5S. The van der Waals surface area contributed by atoms with Crippen LogP contribution >= 0.6 is 23.2 Å². The molecule has 258 valence electrons. The van der Waals surface area contributed by atoms with Crippen LogP contribution in [0.5, 0.6) is 11.5 Å². The summed E-state index contributed by atoms with van der Waals surface area (Å²) in [5.74, 6) is 0.293. The zero-order chi connectivity index (χ0) is 35.0. The number of hydrogen-bond donors (Lipinski definition) is 1. The average molecular weight is 723 g/mol. The number of amides is 2. The fourth-order valence-electron chi connectivity index (χ4n) is 5.97. The number of sulfonamides is 1. The van der Waals surface area contributed by atoms with E-state index in [0.717, 1.165) is 42.0 Å². The highest BCUT2D eigenvalue weighted by Gasteiger charge is 2.35. The smallest absolute Gasteiger partial charge is 0.264 e. The summed E-state index contributed by atoms with van der Waals surface area (Å²) in [5.41, 5.74) is 1.74. The minimum absolute atomic E-state index is 0.0201. The van der Waals surface area contributed by atoms with Crippen LogP contribution in [-0.2, 0) is 26.2 Å². The van der Waals surface area contributed by atoms with Crippen molar-refractivity contribution >= 4 is 50.7 Å². The zero-order valence-corrected chi connectivity index (χ0v) is 30.0. The summed E-state index contributed by atoms with van der Waals surface area (Å²) >= 11 is 12.7. The molecule has 0 aliphatic heterocycles. The molecule has 1 aliphatic carbocycles. The summed E-state index contributed by atoms with van der Waals surface area (Å²) in [6, 6.07) is 26.3. The van der Waals surface area contributed by atoms with E-state index in [1.807, 2.05) is 44.2 Å². The van der Waals surface area contributed by atoms with Crippen LogP contribution in [0.3, 0.4) is 0 Å². The monoisotopic (exact) mass is 721 g/mol. The first-order chi connectivity index (χ1) is 23.5. The molecule has 4 aromatic carbocycles. The number of para-hydroxylation sites is 1. The Kier molecular flexibility index (Phi) is 12.3.